The second-order valence-corrected chi connectivity index (χ2v) is 6.98. The van der Waals surface area contributed by atoms with E-state index in [1.807, 2.05) is 48.5 Å². The van der Waals surface area contributed by atoms with Gasteiger partial charge in [0.1, 0.15) is 6.29 Å². The molecule has 29 heavy (non-hydrogen) atoms. The van der Waals surface area contributed by atoms with Gasteiger partial charge < -0.3 is 4.79 Å². The largest absolute Gasteiger partial charge is 0.303 e. The molecule has 0 aliphatic carbocycles. The van der Waals surface area contributed by atoms with Gasteiger partial charge >= 0.3 is 0 Å². The van der Waals surface area contributed by atoms with E-state index in [4.69, 9.17) is 0 Å². The molecule has 3 heteroatoms. The average Bonchev–Trinajstić information content (AvgIpc) is 2.81. The molecule has 2 atom stereocenters. The van der Waals surface area contributed by atoms with Gasteiger partial charge in [0.15, 0.2) is 0 Å². The maximum Gasteiger partial charge on any atom is 0.128 e. The Bertz CT molecular complexity index is 1060. The van der Waals surface area contributed by atoms with Crippen LogP contribution in [-0.4, -0.2) is 16.3 Å². The summed E-state index contributed by atoms with van der Waals surface area (Å²) < 4.78 is 0. The van der Waals surface area contributed by atoms with Crippen molar-refractivity contribution in [3.63, 3.8) is 0 Å². The molecule has 141 valence electrons. The average molecular weight is 377 g/mol. The number of hydrogen-bond acceptors (Lipinski definition) is 3. The van der Waals surface area contributed by atoms with Crippen LogP contribution in [0.15, 0.2) is 97.6 Å². The highest BCUT2D eigenvalue weighted by Gasteiger charge is 2.20. The van der Waals surface area contributed by atoms with Crippen molar-refractivity contribution in [3.05, 3.63) is 116 Å². The van der Waals surface area contributed by atoms with Crippen LogP contribution >= 0.6 is 0 Å². The minimum Gasteiger partial charge on any atom is -0.303 e. The van der Waals surface area contributed by atoms with E-state index < -0.39 is 0 Å². The second-order valence-electron chi connectivity index (χ2n) is 6.98. The van der Waals surface area contributed by atoms with Crippen LogP contribution in [0, 0.1) is 6.92 Å². The van der Waals surface area contributed by atoms with Gasteiger partial charge in [-0.1, -0.05) is 48.5 Å². The van der Waals surface area contributed by atoms with Gasteiger partial charge in [0.05, 0.1) is 0 Å². The van der Waals surface area contributed by atoms with Crippen LogP contribution in [-0.2, 0) is 4.79 Å². The van der Waals surface area contributed by atoms with Crippen LogP contribution in [0.25, 0.3) is 22.3 Å². The number of carbonyl (C=O) groups is 1. The molecule has 2 aromatic heterocycles. The highest BCUT2D eigenvalue weighted by Crippen LogP contribution is 2.33. The number of carbonyl (C=O) groups excluding carboxylic acids is 1. The third-order valence-corrected chi connectivity index (χ3v) is 5.24. The maximum absolute atomic E-state index is 11.9. The lowest BCUT2D eigenvalue weighted by atomic mass is 9.83. The van der Waals surface area contributed by atoms with Crippen molar-refractivity contribution in [1.82, 2.24) is 9.97 Å². The van der Waals surface area contributed by atoms with Crippen LogP contribution in [0.5, 0.6) is 0 Å². The number of rotatable bonds is 6. The Labute approximate surface area is 171 Å². The first-order valence-electron chi connectivity index (χ1n) is 9.55. The fourth-order valence-corrected chi connectivity index (χ4v) is 3.52. The van der Waals surface area contributed by atoms with Crippen molar-refractivity contribution in [2.24, 2.45) is 0 Å². The Morgan fingerprint density at radius 1 is 0.586 bits per heavy atom. The van der Waals surface area contributed by atoms with E-state index in [0.717, 1.165) is 39.7 Å². The standard InChI is InChI=1S/C26H21N2O/c1-19(20-2-4-21(5-3-20)23-10-14-27-15-11-23)26(18-29)25-8-6-22(7-9-25)24-12-16-28-17-13-24/h2-19,26H,1H2. The molecule has 0 saturated carbocycles. The van der Waals surface area contributed by atoms with Gasteiger partial charge in [0, 0.05) is 30.7 Å². The van der Waals surface area contributed by atoms with Crippen LogP contribution in [0.1, 0.15) is 23.0 Å². The summed E-state index contributed by atoms with van der Waals surface area (Å²) in [5, 5.41) is 0. The molecule has 2 unspecified atom stereocenters. The highest BCUT2D eigenvalue weighted by molar-refractivity contribution is 5.69. The van der Waals surface area contributed by atoms with Crippen molar-refractivity contribution in [1.29, 1.82) is 0 Å². The zero-order chi connectivity index (χ0) is 20.1. The van der Waals surface area contributed by atoms with Crippen LogP contribution in [0.3, 0.4) is 0 Å². The van der Waals surface area contributed by atoms with E-state index in [9.17, 15) is 4.79 Å². The number of nitrogens with zero attached hydrogens (tertiary/aromatic N) is 2. The summed E-state index contributed by atoms with van der Waals surface area (Å²) in [5.41, 5.74) is 6.45. The quantitative estimate of drug-likeness (QED) is 0.404. The fraction of sp³-hybridized carbons (Fsp3) is 0.0769. The molecule has 0 amide bonds. The molecule has 4 aromatic rings. The minimum absolute atomic E-state index is 0.161. The number of pyridine rings is 2. The minimum atomic E-state index is -0.298. The van der Waals surface area contributed by atoms with Crippen molar-refractivity contribution in [3.8, 4) is 22.3 Å². The summed E-state index contributed by atoms with van der Waals surface area (Å²) >= 11 is 0. The predicted octanol–water partition coefficient (Wildman–Crippen LogP) is 5.71. The van der Waals surface area contributed by atoms with Crippen molar-refractivity contribution in [2.75, 3.05) is 0 Å². The van der Waals surface area contributed by atoms with Gasteiger partial charge in [-0.25, -0.2) is 0 Å². The number of aromatic nitrogens is 2. The summed E-state index contributed by atoms with van der Waals surface area (Å²) in [4.78, 5) is 20.0. The van der Waals surface area contributed by atoms with Crippen LogP contribution in [0.4, 0.5) is 0 Å². The Morgan fingerprint density at radius 2 is 0.966 bits per heavy atom. The number of hydrogen-bond donors (Lipinski definition) is 0. The highest BCUT2D eigenvalue weighted by atomic mass is 16.1. The molecule has 0 N–H and O–H groups in total. The monoisotopic (exact) mass is 377 g/mol. The second kappa shape index (κ2) is 8.61. The first-order chi connectivity index (χ1) is 14.3. The zero-order valence-corrected chi connectivity index (χ0v) is 16.0. The van der Waals surface area contributed by atoms with Crippen LogP contribution < -0.4 is 0 Å². The van der Waals surface area contributed by atoms with Gasteiger partial charge in [-0.2, -0.15) is 0 Å². The lowest BCUT2D eigenvalue weighted by Crippen LogP contribution is -2.10. The molecule has 1 radical (unpaired) electrons. The molecule has 0 saturated heterocycles. The topological polar surface area (TPSA) is 42.9 Å². The normalized spacial score (nSPS) is 12.9. The summed E-state index contributed by atoms with van der Waals surface area (Å²) in [6.07, 6.45) is 8.12. The molecule has 3 nitrogen and oxygen atoms in total. The molecule has 2 heterocycles. The molecular formula is C26H21N2O. The van der Waals surface area contributed by atoms with Gasteiger partial charge in [-0.05, 0) is 70.5 Å². The van der Waals surface area contributed by atoms with Crippen molar-refractivity contribution in [2.45, 2.75) is 11.8 Å². The van der Waals surface area contributed by atoms with Gasteiger partial charge in [0.2, 0.25) is 0 Å². The Kier molecular flexibility index (Phi) is 5.57. The Balaban J connectivity index is 1.55. The molecular weight excluding hydrogens is 356 g/mol. The first kappa shape index (κ1) is 18.8. The molecule has 0 aliphatic rings. The fourth-order valence-electron chi connectivity index (χ4n) is 3.52. The lowest BCUT2D eigenvalue weighted by molar-refractivity contribution is -0.109. The molecule has 0 fully saturated rings. The third kappa shape index (κ3) is 4.14. The summed E-state index contributed by atoms with van der Waals surface area (Å²) in [6, 6.07) is 24.3. The van der Waals surface area contributed by atoms with E-state index in [1.54, 1.807) is 24.8 Å². The van der Waals surface area contributed by atoms with E-state index in [-0.39, 0.29) is 11.8 Å². The smallest absolute Gasteiger partial charge is 0.128 e. The first-order valence-corrected chi connectivity index (χ1v) is 9.55. The van der Waals surface area contributed by atoms with E-state index >= 15 is 0 Å². The SMILES string of the molecule is [CH2]C(c1ccc(-c2ccncc2)cc1)C(C=O)c1ccc(-c2ccncc2)cc1. The lowest BCUT2D eigenvalue weighted by Gasteiger charge is -2.20. The van der Waals surface area contributed by atoms with E-state index in [1.165, 1.54) is 0 Å². The van der Waals surface area contributed by atoms with Crippen molar-refractivity contribution < 1.29 is 4.79 Å². The molecule has 0 bridgehead atoms. The molecule has 0 spiro atoms. The molecule has 4 rings (SSSR count). The third-order valence-electron chi connectivity index (χ3n) is 5.24. The summed E-state index contributed by atoms with van der Waals surface area (Å²) in [5.74, 6) is -0.459. The Morgan fingerprint density at radius 3 is 1.38 bits per heavy atom. The zero-order valence-electron chi connectivity index (χ0n) is 16.0. The number of benzene rings is 2. The van der Waals surface area contributed by atoms with Crippen molar-refractivity contribution >= 4 is 6.29 Å². The summed E-state index contributed by atoms with van der Waals surface area (Å²) in [7, 11) is 0. The number of aldehydes is 1. The summed E-state index contributed by atoms with van der Waals surface area (Å²) in [6.45, 7) is 4.29. The van der Waals surface area contributed by atoms with Gasteiger partial charge in [-0.3, -0.25) is 9.97 Å². The Hall–Kier alpha value is -3.59. The molecule has 2 aromatic carbocycles. The van der Waals surface area contributed by atoms with E-state index in [0.29, 0.717) is 0 Å². The van der Waals surface area contributed by atoms with Gasteiger partial charge in [0.25, 0.3) is 0 Å². The molecule has 0 aliphatic heterocycles. The van der Waals surface area contributed by atoms with Crippen LogP contribution in [0.2, 0.25) is 0 Å². The van der Waals surface area contributed by atoms with E-state index in [2.05, 4.69) is 41.2 Å². The van der Waals surface area contributed by atoms with Gasteiger partial charge in [-0.15, -0.1) is 0 Å². The predicted molar refractivity (Wildman–Crippen MR) is 116 cm³/mol. The maximum atomic E-state index is 11.9.